The van der Waals surface area contributed by atoms with E-state index in [4.69, 9.17) is 16.6 Å². The SMILES string of the molecule is CCCCN(CC(N)=O)c1cc(C)c(N)c(C(=O)O)c1. The van der Waals surface area contributed by atoms with Gasteiger partial charge in [-0.1, -0.05) is 13.3 Å². The van der Waals surface area contributed by atoms with E-state index in [1.165, 1.54) is 6.07 Å². The summed E-state index contributed by atoms with van der Waals surface area (Å²) in [4.78, 5) is 24.1. The number of aryl methyl sites for hydroxylation is 1. The van der Waals surface area contributed by atoms with E-state index >= 15 is 0 Å². The van der Waals surface area contributed by atoms with E-state index in [0.717, 1.165) is 12.8 Å². The Morgan fingerprint density at radius 1 is 1.35 bits per heavy atom. The highest BCUT2D eigenvalue weighted by Gasteiger charge is 2.16. The van der Waals surface area contributed by atoms with E-state index in [1.807, 2.05) is 6.92 Å². The Kier molecular flexibility index (Phi) is 5.37. The molecule has 20 heavy (non-hydrogen) atoms. The van der Waals surface area contributed by atoms with Crippen LogP contribution in [0, 0.1) is 6.92 Å². The van der Waals surface area contributed by atoms with Crippen LogP contribution in [0.15, 0.2) is 12.1 Å². The molecule has 0 fully saturated rings. The molecule has 1 aromatic carbocycles. The Morgan fingerprint density at radius 2 is 2.00 bits per heavy atom. The van der Waals surface area contributed by atoms with Crippen molar-refractivity contribution < 1.29 is 14.7 Å². The van der Waals surface area contributed by atoms with Gasteiger partial charge in [-0.2, -0.15) is 0 Å². The number of amides is 1. The number of primary amides is 1. The first-order valence-electron chi connectivity index (χ1n) is 6.53. The molecule has 1 rings (SSSR count). The minimum absolute atomic E-state index is 0.0472. The first-order chi connectivity index (χ1) is 9.36. The van der Waals surface area contributed by atoms with Gasteiger partial charge in [0.25, 0.3) is 0 Å². The maximum absolute atomic E-state index is 11.2. The molecule has 0 aliphatic heterocycles. The van der Waals surface area contributed by atoms with E-state index in [2.05, 4.69) is 0 Å². The van der Waals surface area contributed by atoms with Crippen molar-refractivity contribution in [3.05, 3.63) is 23.3 Å². The number of nitrogens with two attached hydrogens (primary N) is 2. The van der Waals surface area contributed by atoms with Gasteiger partial charge in [-0.05, 0) is 31.0 Å². The number of nitrogens with zero attached hydrogens (tertiary/aromatic N) is 1. The van der Waals surface area contributed by atoms with Crippen molar-refractivity contribution >= 4 is 23.3 Å². The number of hydrogen-bond donors (Lipinski definition) is 3. The fraction of sp³-hybridized carbons (Fsp3) is 0.429. The van der Waals surface area contributed by atoms with Crippen molar-refractivity contribution in [1.82, 2.24) is 0 Å². The zero-order valence-corrected chi connectivity index (χ0v) is 11.8. The average Bonchev–Trinajstić information content (AvgIpc) is 2.36. The van der Waals surface area contributed by atoms with Gasteiger partial charge >= 0.3 is 5.97 Å². The molecular weight excluding hydrogens is 258 g/mol. The molecule has 0 aromatic heterocycles. The number of hydrogen-bond acceptors (Lipinski definition) is 4. The van der Waals surface area contributed by atoms with E-state index in [1.54, 1.807) is 17.9 Å². The van der Waals surface area contributed by atoms with E-state index in [-0.39, 0.29) is 17.8 Å². The molecule has 0 radical (unpaired) electrons. The standard InChI is InChI=1S/C14H21N3O3/c1-3-4-5-17(8-12(15)18)10-6-9(2)13(16)11(7-10)14(19)20/h6-7H,3-5,8,16H2,1-2H3,(H2,15,18)(H,19,20). The Hall–Kier alpha value is -2.24. The highest BCUT2D eigenvalue weighted by molar-refractivity contribution is 5.96. The number of rotatable bonds is 7. The second-order valence-electron chi connectivity index (χ2n) is 4.77. The maximum Gasteiger partial charge on any atom is 0.337 e. The Balaban J connectivity index is 3.18. The third-order valence-electron chi connectivity index (χ3n) is 3.10. The first kappa shape index (κ1) is 15.8. The van der Waals surface area contributed by atoms with Gasteiger partial charge in [0.05, 0.1) is 12.1 Å². The number of unbranched alkanes of at least 4 members (excludes halogenated alkanes) is 1. The number of carbonyl (C=O) groups excluding carboxylic acids is 1. The fourth-order valence-corrected chi connectivity index (χ4v) is 1.98. The monoisotopic (exact) mass is 279 g/mol. The number of anilines is 2. The second kappa shape index (κ2) is 6.79. The van der Waals surface area contributed by atoms with Crippen LogP contribution in [0.2, 0.25) is 0 Å². The van der Waals surface area contributed by atoms with Crippen molar-refractivity contribution in [2.45, 2.75) is 26.7 Å². The Labute approximate surface area is 118 Å². The molecule has 0 bridgehead atoms. The maximum atomic E-state index is 11.2. The number of benzene rings is 1. The zero-order valence-electron chi connectivity index (χ0n) is 11.8. The summed E-state index contributed by atoms with van der Waals surface area (Å²) in [7, 11) is 0. The van der Waals surface area contributed by atoms with Crippen LogP contribution in [0.4, 0.5) is 11.4 Å². The summed E-state index contributed by atoms with van der Waals surface area (Å²) in [5.74, 6) is -1.53. The molecule has 1 amide bonds. The van der Waals surface area contributed by atoms with Crippen LogP contribution in [-0.4, -0.2) is 30.1 Å². The molecule has 5 N–H and O–H groups in total. The Morgan fingerprint density at radius 3 is 2.50 bits per heavy atom. The molecule has 6 heteroatoms. The fourth-order valence-electron chi connectivity index (χ4n) is 1.98. The number of aromatic carboxylic acids is 1. The second-order valence-corrected chi connectivity index (χ2v) is 4.77. The molecule has 0 aliphatic carbocycles. The molecule has 0 atom stereocenters. The molecule has 0 spiro atoms. The zero-order chi connectivity index (χ0) is 15.3. The van der Waals surface area contributed by atoms with Crippen molar-refractivity contribution in [2.24, 2.45) is 5.73 Å². The van der Waals surface area contributed by atoms with Gasteiger partial charge in [0, 0.05) is 17.9 Å². The molecule has 6 nitrogen and oxygen atoms in total. The van der Waals surface area contributed by atoms with Crippen molar-refractivity contribution in [2.75, 3.05) is 23.7 Å². The summed E-state index contributed by atoms with van der Waals surface area (Å²) in [6.45, 7) is 4.48. The normalized spacial score (nSPS) is 10.3. The number of carboxylic acids is 1. The average molecular weight is 279 g/mol. The van der Waals surface area contributed by atoms with Gasteiger partial charge in [-0.15, -0.1) is 0 Å². The van der Waals surface area contributed by atoms with Crippen LogP contribution >= 0.6 is 0 Å². The number of carboxylic acid groups (broad SMARTS) is 1. The molecule has 0 heterocycles. The predicted octanol–water partition coefficient (Wildman–Crippen LogP) is 1.37. The van der Waals surface area contributed by atoms with E-state index < -0.39 is 11.9 Å². The molecule has 0 saturated carbocycles. The number of nitrogen functional groups attached to an aromatic ring is 1. The first-order valence-corrected chi connectivity index (χ1v) is 6.53. The smallest absolute Gasteiger partial charge is 0.337 e. The summed E-state index contributed by atoms with van der Waals surface area (Å²) in [5, 5.41) is 9.16. The third-order valence-corrected chi connectivity index (χ3v) is 3.10. The van der Waals surface area contributed by atoms with E-state index in [0.29, 0.717) is 17.8 Å². The van der Waals surface area contributed by atoms with Crippen LogP contribution in [0.3, 0.4) is 0 Å². The van der Waals surface area contributed by atoms with Gasteiger partial charge in [0.2, 0.25) is 5.91 Å². The van der Waals surface area contributed by atoms with Crippen LogP contribution in [0.1, 0.15) is 35.7 Å². The van der Waals surface area contributed by atoms with Crippen molar-refractivity contribution in [1.29, 1.82) is 0 Å². The van der Waals surface area contributed by atoms with Gasteiger partial charge in [0.15, 0.2) is 0 Å². The van der Waals surface area contributed by atoms with Crippen LogP contribution in [0.5, 0.6) is 0 Å². The lowest BCUT2D eigenvalue weighted by Gasteiger charge is -2.24. The van der Waals surface area contributed by atoms with Crippen molar-refractivity contribution in [3.63, 3.8) is 0 Å². The van der Waals surface area contributed by atoms with Crippen LogP contribution in [0.25, 0.3) is 0 Å². The number of carbonyl (C=O) groups is 2. The minimum Gasteiger partial charge on any atom is -0.478 e. The molecule has 0 aliphatic rings. The highest BCUT2D eigenvalue weighted by atomic mass is 16.4. The van der Waals surface area contributed by atoms with Crippen LogP contribution < -0.4 is 16.4 Å². The van der Waals surface area contributed by atoms with Gasteiger partial charge in [-0.3, -0.25) is 4.79 Å². The Bertz CT molecular complexity index is 515. The molecule has 0 unspecified atom stereocenters. The largest absolute Gasteiger partial charge is 0.478 e. The lowest BCUT2D eigenvalue weighted by molar-refractivity contribution is -0.116. The summed E-state index contributed by atoms with van der Waals surface area (Å²) in [6, 6.07) is 3.27. The predicted molar refractivity (Wildman–Crippen MR) is 78.9 cm³/mol. The third kappa shape index (κ3) is 3.88. The summed E-state index contributed by atoms with van der Waals surface area (Å²) >= 11 is 0. The molecule has 0 saturated heterocycles. The molecular formula is C14H21N3O3. The molecule has 110 valence electrons. The van der Waals surface area contributed by atoms with Gasteiger partial charge < -0.3 is 21.5 Å². The van der Waals surface area contributed by atoms with Crippen molar-refractivity contribution in [3.8, 4) is 0 Å². The minimum atomic E-state index is -1.08. The lowest BCUT2D eigenvalue weighted by Crippen LogP contribution is -2.34. The highest BCUT2D eigenvalue weighted by Crippen LogP contribution is 2.25. The van der Waals surface area contributed by atoms with Crippen LogP contribution in [-0.2, 0) is 4.79 Å². The topological polar surface area (TPSA) is 110 Å². The van der Waals surface area contributed by atoms with Gasteiger partial charge in [0.1, 0.15) is 0 Å². The molecule has 1 aromatic rings. The quantitative estimate of drug-likeness (QED) is 0.653. The summed E-state index contributed by atoms with van der Waals surface area (Å²) in [6.07, 6.45) is 1.86. The van der Waals surface area contributed by atoms with E-state index in [9.17, 15) is 9.59 Å². The summed E-state index contributed by atoms with van der Waals surface area (Å²) in [5.41, 5.74) is 12.6. The lowest BCUT2D eigenvalue weighted by atomic mass is 10.1. The van der Waals surface area contributed by atoms with Gasteiger partial charge in [-0.25, -0.2) is 4.79 Å². The summed E-state index contributed by atoms with van der Waals surface area (Å²) < 4.78 is 0.